The van der Waals surface area contributed by atoms with Crippen LogP contribution in [0.1, 0.15) is 31.0 Å². The molecular weight excluding hydrogens is 272 g/mol. The molecule has 1 atom stereocenters. The summed E-state index contributed by atoms with van der Waals surface area (Å²) in [6.45, 7) is 6.39. The van der Waals surface area contributed by atoms with Gasteiger partial charge in [0.05, 0.1) is 0 Å². The van der Waals surface area contributed by atoms with E-state index >= 15 is 0 Å². The van der Waals surface area contributed by atoms with E-state index in [1.165, 1.54) is 18.2 Å². The second kappa shape index (κ2) is 6.68. The molecule has 0 spiro atoms. The molecule has 0 heterocycles. The summed E-state index contributed by atoms with van der Waals surface area (Å²) in [6, 6.07) is 9.56. The number of hydrogen-bond acceptors (Lipinski definition) is 2. The molecule has 2 aromatic carbocycles. The Labute approximate surface area is 123 Å². The second-order valence-electron chi connectivity index (χ2n) is 4.96. The zero-order valence-corrected chi connectivity index (χ0v) is 12.4. The number of nitrogens with one attached hydrogen (secondary N) is 1. The van der Waals surface area contributed by atoms with Gasteiger partial charge in [-0.1, -0.05) is 25.1 Å². The summed E-state index contributed by atoms with van der Waals surface area (Å²) in [5.74, 6) is -0.923. The van der Waals surface area contributed by atoms with E-state index in [1.807, 2.05) is 13.8 Å². The smallest absolute Gasteiger partial charge is 0.168 e. The first-order valence-electron chi connectivity index (χ1n) is 6.98. The van der Waals surface area contributed by atoms with Crippen LogP contribution in [0.15, 0.2) is 36.4 Å². The number of benzene rings is 2. The molecule has 0 aromatic heterocycles. The van der Waals surface area contributed by atoms with Crippen molar-refractivity contribution >= 4 is 0 Å². The van der Waals surface area contributed by atoms with E-state index in [0.29, 0.717) is 5.56 Å². The van der Waals surface area contributed by atoms with Crippen LogP contribution in [0.5, 0.6) is 11.5 Å². The Morgan fingerprint density at radius 2 is 1.90 bits per heavy atom. The van der Waals surface area contributed by atoms with Crippen molar-refractivity contribution in [2.45, 2.75) is 26.8 Å². The fourth-order valence-electron chi connectivity index (χ4n) is 2.11. The third kappa shape index (κ3) is 3.58. The Balaban J connectivity index is 2.23. The van der Waals surface area contributed by atoms with Crippen LogP contribution in [0.2, 0.25) is 0 Å². The molecule has 2 nitrogen and oxygen atoms in total. The molecule has 0 radical (unpaired) electrons. The highest BCUT2D eigenvalue weighted by molar-refractivity contribution is 5.37. The maximum atomic E-state index is 14.1. The van der Waals surface area contributed by atoms with Gasteiger partial charge in [0.2, 0.25) is 0 Å². The van der Waals surface area contributed by atoms with Crippen LogP contribution >= 0.6 is 0 Å². The molecule has 2 rings (SSSR count). The largest absolute Gasteiger partial charge is 0.451 e. The number of halogens is 2. The van der Waals surface area contributed by atoms with Crippen molar-refractivity contribution in [3.05, 3.63) is 59.2 Å². The van der Waals surface area contributed by atoms with E-state index < -0.39 is 11.6 Å². The van der Waals surface area contributed by atoms with Crippen molar-refractivity contribution in [2.75, 3.05) is 6.54 Å². The molecule has 0 aliphatic rings. The molecule has 0 fully saturated rings. The Morgan fingerprint density at radius 1 is 1.14 bits per heavy atom. The zero-order valence-electron chi connectivity index (χ0n) is 12.4. The first-order valence-corrected chi connectivity index (χ1v) is 6.98. The molecule has 2 aromatic rings. The van der Waals surface area contributed by atoms with Crippen molar-refractivity contribution in [1.29, 1.82) is 0 Å². The third-order valence-corrected chi connectivity index (χ3v) is 3.34. The first-order chi connectivity index (χ1) is 10.0. The van der Waals surface area contributed by atoms with Crippen LogP contribution in [-0.4, -0.2) is 6.54 Å². The van der Waals surface area contributed by atoms with Crippen molar-refractivity contribution in [3.63, 3.8) is 0 Å². The molecule has 0 aliphatic heterocycles. The standard InChI is InChI=1S/C17H19F2NO/c1-4-20-12(3)13-8-9-15(14(18)10-13)21-16-7-5-6-11(2)17(16)19/h5-10,12,20H,4H2,1-3H3. The Kier molecular flexibility index (Phi) is 4.91. The molecule has 0 saturated carbocycles. The van der Waals surface area contributed by atoms with E-state index in [4.69, 9.17) is 4.74 Å². The van der Waals surface area contributed by atoms with Gasteiger partial charge in [0.1, 0.15) is 0 Å². The summed E-state index contributed by atoms with van der Waals surface area (Å²) >= 11 is 0. The summed E-state index contributed by atoms with van der Waals surface area (Å²) in [5, 5.41) is 3.21. The Bertz CT molecular complexity index is 628. The van der Waals surface area contributed by atoms with Gasteiger partial charge in [0.25, 0.3) is 0 Å². The van der Waals surface area contributed by atoms with E-state index in [0.717, 1.165) is 12.1 Å². The maximum absolute atomic E-state index is 14.1. The third-order valence-electron chi connectivity index (χ3n) is 3.34. The lowest BCUT2D eigenvalue weighted by Gasteiger charge is -2.14. The predicted octanol–water partition coefficient (Wildman–Crippen LogP) is 4.74. The predicted molar refractivity (Wildman–Crippen MR) is 79.7 cm³/mol. The van der Waals surface area contributed by atoms with Crippen LogP contribution in [0.4, 0.5) is 8.78 Å². The topological polar surface area (TPSA) is 21.3 Å². The minimum absolute atomic E-state index is 0.0203. The molecular formula is C17H19F2NO. The quantitative estimate of drug-likeness (QED) is 0.859. The van der Waals surface area contributed by atoms with Crippen LogP contribution < -0.4 is 10.1 Å². The summed E-state index contributed by atoms with van der Waals surface area (Å²) in [5.41, 5.74) is 1.29. The maximum Gasteiger partial charge on any atom is 0.168 e. The van der Waals surface area contributed by atoms with Gasteiger partial charge < -0.3 is 10.1 Å². The minimum Gasteiger partial charge on any atom is -0.451 e. The lowest BCUT2D eigenvalue weighted by molar-refractivity contribution is 0.412. The molecule has 4 heteroatoms. The van der Waals surface area contributed by atoms with Crippen molar-refractivity contribution in [3.8, 4) is 11.5 Å². The minimum atomic E-state index is -0.502. The van der Waals surface area contributed by atoms with Gasteiger partial charge in [-0.2, -0.15) is 0 Å². The average molecular weight is 291 g/mol. The monoisotopic (exact) mass is 291 g/mol. The number of rotatable bonds is 5. The van der Waals surface area contributed by atoms with Gasteiger partial charge in [-0.3, -0.25) is 0 Å². The molecule has 0 bridgehead atoms. The lowest BCUT2D eigenvalue weighted by atomic mass is 10.1. The van der Waals surface area contributed by atoms with Gasteiger partial charge >= 0.3 is 0 Å². The molecule has 0 amide bonds. The van der Waals surface area contributed by atoms with Crippen molar-refractivity contribution in [2.24, 2.45) is 0 Å². The normalized spacial score (nSPS) is 12.2. The highest BCUT2D eigenvalue weighted by Crippen LogP contribution is 2.29. The average Bonchev–Trinajstić information content (AvgIpc) is 2.46. The van der Waals surface area contributed by atoms with E-state index in [9.17, 15) is 8.78 Å². The molecule has 1 unspecified atom stereocenters. The molecule has 112 valence electrons. The summed E-state index contributed by atoms with van der Waals surface area (Å²) in [4.78, 5) is 0. The summed E-state index contributed by atoms with van der Waals surface area (Å²) in [7, 11) is 0. The van der Waals surface area contributed by atoms with Crippen LogP contribution in [0.25, 0.3) is 0 Å². The molecule has 0 saturated heterocycles. The SMILES string of the molecule is CCNC(C)c1ccc(Oc2cccc(C)c2F)c(F)c1. The fraction of sp³-hybridized carbons (Fsp3) is 0.294. The molecule has 0 aliphatic carbocycles. The number of ether oxygens (including phenoxy) is 1. The fourth-order valence-corrected chi connectivity index (χ4v) is 2.11. The van der Waals surface area contributed by atoms with Crippen molar-refractivity contribution < 1.29 is 13.5 Å². The van der Waals surface area contributed by atoms with Crippen LogP contribution in [0, 0.1) is 18.6 Å². The van der Waals surface area contributed by atoms with E-state index in [2.05, 4.69) is 5.32 Å². The first kappa shape index (κ1) is 15.4. The lowest BCUT2D eigenvalue weighted by Crippen LogP contribution is -2.17. The molecule has 21 heavy (non-hydrogen) atoms. The van der Waals surface area contributed by atoms with Gasteiger partial charge in [0, 0.05) is 6.04 Å². The van der Waals surface area contributed by atoms with Crippen LogP contribution in [0.3, 0.4) is 0 Å². The van der Waals surface area contributed by atoms with E-state index in [1.54, 1.807) is 25.1 Å². The van der Waals surface area contributed by atoms with E-state index in [-0.39, 0.29) is 17.5 Å². The van der Waals surface area contributed by atoms with Gasteiger partial charge in [-0.25, -0.2) is 8.78 Å². The highest BCUT2D eigenvalue weighted by atomic mass is 19.1. The number of aryl methyl sites for hydroxylation is 1. The van der Waals surface area contributed by atoms with Gasteiger partial charge in [-0.05, 0) is 49.7 Å². The van der Waals surface area contributed by atoms with Crippen molar-refractivity contribution in [1.82, 2.24) is 5.32 Å². The summed E-state index contributed by atoms with van der Waals surface area (Å²) < 4.78 is 33.3. The number of hydrogen-bond donors (Lipinski definition) is 1. The van der Waals surface area contributed by atoms with Gasteiger partial charge in [0.15, 0.2) is 23.1 Å². The highest BCUT2D eigenvalue weighted by Gasteiger charge is 2.12. The zero-order chi connectivity index (χ0) is 15.4. The van der Waals surface area contributed by atoms with Gasteiger partial charge in [-0.15, -0.1) is 0 Å². The molecule has 1 N–H and O–H groups in total. The summed E-state index contributed by atoms with van der Waals surface area (Å²) in [6.07, 6.45) is 0. The second-order valence-corrected chi connectivity index (χ2v) is 4.96. The van der Waals surface area contributed by atoms with Crippen LogP contribution in [-0.2, 0) is 0 Å². The Hall–Kier alpha value is -1.94. The Morgan fingerprint density at radius 3 is 2.57 bits per heavy atom.